The summed E-state index contributed by atoms with van der Waals surface area (Å²) in [5.74, 6) is -0.287. The second-order valence-corrected chi connectivity index (χ2v) is 6.98. The number of hydrogen-bond acceptors (Lipinski definition) is 2. The molecular formula is C23H40O2. The van der Waals surface area contributed by atoms with E-state index in [-0.39, 0.29) is 12.1 Å². The lowest BCUT2D eigenvalue weighted by atomic mass is 10.1. The minimum Gasteiger partial charge on any atom is -0.460 e. The number of hydrogen-bond donors (Lipinski definition) is 0. The van der Waals surface area contributed by atoms with Gasteiger partial charge in [0.1, 0.15) is 0 Å². The highest BCUT2D eigenvalue weighted by atomic mass is 16.5. The summed E-state index contributed by atoms with van der Waals surface area (Å²) in [5.41, 5.74) is 0. The van der Waals surface area contributed by atoms with Crippen molar-refractivity contribution in [1.82, 2.24) is 0 Å². The first-order chi connectivity index (χ1) is 12.2. The van der Waals surface area contributed by atoms with Crippen LogP contribution < -0.4 is 0 Å². The van der Waals surface area contributed by atoms with Crippen molar-refractivity contribution in [3.8, 4) is 0 Å². The maximum absolute atomic E-state index is 11.3. The molecule has 0 saturated heterocycles. The summed E-state index contributed by atoms with van der Waals surface area (Å²) in [6, 6.07) is 0. The molecule has 25 heavy (non-hydrogen) atoms. The molecule has 0 atom stereocenters. The van der Waals surface area contributed by atoms with Crippen LogP contribution in [0.25, 0.3) is 0 Å². The minimum absolute atomic E-state index is 0.0631. The lowest BCUT2D eigenvalue weighted by molar-refractivity contribution is -0.141. The number of allylic oxidation sites excluding steroid dienone is 5. The summed E-state index contributed by atoms with van der Waals surface area (Å²) >= 11 is 0. The molecule has 0 rings (SSSR count). The van der Waals surface area contributed by atoms with Crippen LogP contribution in [-0.2, 0) is 9.53 Å². The van der Waals surface area contributed by atoms with E-state index in [0.29, 0.717) is 0 Å². The van der Waals surface area contributed by atoms with Crippen LogP contribution in [-0.4, -0.2) is 12.1 Å². The zero-order chi connectivity index (χ0) is 18.6. The summed E-state index contributed by atoms with van der Waals surface area (Å²) < 4.78 is 5.00. The molecule has 0 aromatic heterocycles. The van der Waals surface area contributed by atoms with Crippen molar-refractivity contribution < 1.29 is 9.53 Å². The fourth-order valence-electron chi connectivity index (χ4n) is 2.64. The van der Waals surface area contributed by atoms with E-state index >= 15 is 0 Å². The van der Waals surface area contributed by atoms with Crippen molar-refractivity contribution in [2.24, 2.45) is 0 Å². The van der Waals surface area contributed by atoms with Gasteiger partial charge in [0.25, 0.3) is 0 Å². The lowest BCUT2D eigenvalue weighted by Crippen LogP contribution is -2.08. The Morgan fingerprint density at radius 3 is 1.84 bits per heavy atom. The number of rotatable bonds is 16. The topological polar surface area (TPSA) is 26.3 Å². The Morgan fingerprint density at radius 1 is 0.760 bits per heavy atom. The Balaban J connectivity index is 3.36. The number of ether oxygens (including phenoxy) is 1. The Hall–Kier alpha value is -1.31. The van der Waals surface area contributed by atoms with E-state index in [0.717, 1.165) is 6.42 Å². The number of esters is 1. The molecule has 0 fully saturated rings. The van der Waals surface area contributed by atoms with Gasteiger partial charge >= 0.3 is 5.97 Å². The molecule has 0 aromatic carbocycles. The van der Waals surface area contributed by atoms with Crippen molar-refractivity contribution >= 4 is 5.97 Å². The van der Waals surface area contributed by atoms with Crippen LogP contribution in [0.5, 0.6) is 0 Å². The van der Waals surface area contributed by atoms with E-state index in [1.807, 2.05) is 26.0 Å². The van der Waals surface area contributed by atoms with Crippen molar-refractivity contribution in [1.29, 1.82) is 0 Å². The molecule has 0 aromatic rings. The summed E-state index contributed by atoms with van der Waals surface area (Å²) in [6.07, 6.45) is 27.6. The summed E-state index contributed by atoms with van der Waals surface area (Å²) in [4.78, 5) is 11.3. The van der Waals surface area contributed by atoms with Crippen LogP contribution in [0.4, 0.5) is 0 Å². The fraction of sp³-hybridized carbons (Fsp3) is 0.696. The average Bonchev–Trinajstić information content (AvgIpc) is 2.57. The molecule has 0 amide bonds. The highest BCUT2D eigenvalue weighted by Gasteiger charge is 1.97. The van der Waals surface area contributed by atoms with E-state index in [9.17, 15) is 4.79 Å². The third kappa shape index (κ3) is 20.6. The first kappa shape index (κ1) is 23.7. The van der Waals surface area contributed by atoms with Gasteiger partial charge in [-0.2, -0.15) is 0 Å². The van der Waals surface area contributed by atoms with Crippen LogP contribution >= 0.6 is 0 Å². The zero-order valence-corrected chi connectivity index (χ0v) is 16.8. The molecule has 0 saturated carbocycles. The van der Waals surface area contributed by atoms with Gasteiger partial charge in [-0.3, -0.25) is 0 Å². The van der Waals surface area contributed by atoms with E-state index in [2.05, 4.69) is 19.1 Å². The van der Waals surface area contributed by atoms with Gasteiger partial charge in [0.2, 0.25) is 0 Å². The zero-order valence-electron chi connectivity index (χ0n) is 16.8. The Labute approximate surface area is 156 Å². The Morgan fingerprint density at radius 2 is 1.28 bits per heavy atom. The van der Waals surface area contributed by atoms with E-state index in [4.69, 9.17) is 4.74 Å². The highest BCUT2D eigenvalue weighted by molar-refractivity contribution is 5.82. The molecule has 0 unspecified atom stereocenters. The van der Waals surface area contributed by atoms with Crippen LogP contribution in [0.1, 0.15) is 97.8 Å². The Bertz CT molecular complexity index is 378. The number of carbonyl (C=O) groups excluding carboxylic acids is 1. The van der Waals surface area contributed by atoms with E-state index in [1.54, 1.807) is 6.08 Å². The summed E-state index contributed by atoms with van der Waals surface area (Å²) in [7, 11) is 0. The predicted octanol–water partition coefficient (Wildman–Crippen LogP) is 7.31. The number of carbonyl (C=O) groups is 1. The first-order valence-electron chi connectivity index (χ1n) is 10.4. The minimum atomic E-state index is -0.287. The molecule has 2 nitrogen and oxygen atoms in total. The second-order valence-electron chi connectivity index (χ2n) is 6.98. The van der Waals surface area contributed by atoms with Crippen molar-refractivity contribution in [2.45, 2.75) is 104 Å². The molecule has 0 heterocycles. The van der Waals surface area contributed by atoms with Crippen LogP contribution in [0.2, 0.25) is 0 Å². The van der Waals surface area contributed by atoms with Crippen molar-refractivity contribution in [3.05, 3.63) is 36.5 Å². The summed E-state index contributed by atoms with van der Waals surface area (Å²) in [5, 5.41) is 0. The SMILES string of the molecule is CCCCCCCCCCCCCC=CC=CC=CC(=O)OC(C)C. The van der Waals surface area contributed by atoms with Gasteiger partial charge in [-0.15, -0.1) is 0 Å². The monoisotopic (exact) mass is 348 g/mol. The molecular weight excluding hydrogens is 308 g/mol. The number of unbranched alkanes of at least 4 members (excludes halogenated alkanes) is 11. The van der Waals surface area contributed by atoms with Gasteiger partial charge in [-0.25, -0.2) is 4.79 Å². The van der Waals surface area contributed by atoms with Gasteiger partial charge in [0, 0.05) is 6.08 Å². The van der Waals surface area contributed by atoms with Gasteiger partial charge < -0.3 is 4.74 Å². The first-order valence-corrected chi connectivity index (χ1v) is 10.4. The van der Waals surface area contributed by atoms with Gasteiger partial charge in [-0.05, 0) is 26.7 Å². The molecule has 0 bridgehead atoms. The van der Waals surface area contributed by atoms with Crippen molar-refractivity contribution in [2.75, 3.05) is 0 Å². The van der Waals surface area contributed by atoms with Crippen LogP contribution in [0.15, 0.2) is 36.5 Å². The molecule has 0 spiro atoms. The van der Waals surface area contributed by atoms with E-state index < -0.39 is 0 Å². The normalized spacial score (nSPS) is 12.2. The fourth-order valence-corrected chi connectivity index (χ4v) is 2.64. The lowest BCUT2D eigenvalue weighted by Gasteiger charge is -2.03. The van der Waals surface area contributed by atoms with Gasteiger partial charge in [0.15, 0.2) is 0 Å². The second kappa shape index (κ2) is 19.0. The molecule has 2 heteroatoms. The average molecular weight is 349 g/mol. The van der Waals surface area contributed by atoms with Gasteiger partial charge in [-0.1, -0.05) is 102 Å². The Kier molecular flexibility index (Phi) is 18.0. The third-order valence-electron chi connectivity index (χ3n) is 4.03. The molecule has 0 aliphatic heterocycles. The third-order valence-corrected chi connectivity index (χ3v) is 4.03. The molecule has 0 N–H and O–H groups in total. The summed E-state index contributed by atoms with van der Waals surface area (Å²) in [6.45, 7) is 5.97. The maximum atomic E-state index is 11.3. The molecule has 0 aliphatic carbocycles. The van der Waals surface area contributed by atoms with Crippen LogP contribution in [0, 0.1) is 0 Å². The van der Waals surface area contributed by atoms with Crippen molar-refractivity contribution in [3.63, 3.8) is 0 Å². The molecule has 0 radical (unpaired) electrons. The molecule has 0 aliphatic rings. The van der Waals surface area contributed by atoms with Crippen LogP contribution in [0.3, 0.4) is 0 Å². The standard InChI is InChI=1S/C23H40O2/c1-4-5-6-7-8-9-10-11-12-13-14-15-16-17-18-19-20-21-23(24)25-22(2)3/h16-22H,4-15H2,1-3H3. The smallest absolute Gasteiger partial charge is 0.330 e. The highest BCUT2D eigenvalue weighted by Crippen LogP contribution is 2.11. The van der Waals surface area contributed by atoms with Gasteiger partial charge in [0.05, 0.1) is 6.10 Å². The van der Waals surface area contributed by atoms with E-state index in [1.165, 1.54) is 76.7 Å². The maximum Gasteiger partial charge on any atom is 0.330 e. The molecule has 144 valence electrons. The largest absolute Gasteiger partial charge is 0.460 e. The quantitative estimate of drug-likeness (QED) is 0.126. The predicted molar refractivity (Wildman–Crippen MR) is 110 cm³/mol.